The Morgan fingerprint density at radius 3 is 2.95 bits per heavy atom. The van der Waals surface area contributed by atoms with Gasteiger partial charge >= 0.3 is 5.97 Å². The number of carbonyl (C=O) groups is 1. The molecule has 0 fully saturated rings. The van der Waals surface area contributed by atoms with Crippen LogP contribution < -0.4 is 10.5 Å². The van der Waals surface area contributed by atoms with Crippen LogP contribution >= 0.6 is 0 Å². The number of ether oxygens (including phenoxy) is 2. The fourth-order valence-corrected chi connectivity index (χ4v) is 1.70. The second kappa shape index (κ2) is 5.43. The van der Waals surface area contributed by atoms with Crippen LogP contribution in [-0.4, -0.2) is 29.9 Å². The van der Waals surface area contributed by atoms with Crippen molar-refractivity contribution in [3.8, 4) is 17.0 Å². The van der Waals surface area contributed by atoms with E-state index in [-0.39, 0.29) is 18.0 Å². The topological polar surface area (TPSA) is 90.2 Å². The van der Waals surface area contributed by atoms with Crippen molar-refractivity contribution < 1.29 is 14.3 Å². The predicted molar refractivity (Wildman–Crippen MR) is 70.9 cm³/mol. The molecule has 2 aromatic rings. The zero-order chi connectivity index (χ0) is 13.8. The van der Waals surface area contributed by atoms with Crippen molar-refractivity contribution >= 4 is 11.7 Å². The van der Waals surface area contributed by atoms with Crippen LogP contribution in [0.15, 0.2) is 24.3 Å². The Balaban J connectivity index is 2.38. The minimum absolute atomic E-state index is 0.166. The molecule has 0 aliphatic carbocycles. The third-order valence-corrected chi connectivity index (χ3v) is 2.63. The Morgan fingerprint density at radius 1 is 1.47 bits per heavy atom. The summed E-state index contributed by atoms with van der Waals surface area (Å²) in [6.45, 7) is 2.01. The Hall–Kier alpha value is -2.50. The zero-order valence-electron chi connectivity index (χ0n) is 10.8. The minimum atomic E-state index is -0.512. The smallest absolute Gasteiger partial charge is 0.358 e. The van der Waals surface area contributed by atoms with Crippen LogP contribution in [0.5, 0.6) is 5.75 Å². The largest absolute Gasteiger partial charge is 0.497 e. The van der Waals surface area contributed by atoms with E-state index in [1.807, 2.05) is 18.2 Å². The van der Waals surface area contributed by atoms with Gasteiger partial charge in [0.2, 0.25) is 0 Å². The van der Waals surface area contributed by atoms with Gasteiger partial charge in [-0.2, -0.15) is 5.10 Å². The summed E-state index contributed by atoms with van der Waals surface area (Å²) in [4.78, 5) is 11.6. The SMILES string of the molecule is CCOC(=O)c1[nH]nc(-c2cccc(OC)c2)c1N. The van der Waals surface area contributed by atoms with Crippen LogP contribution in [-0.2, 0) is 4.74 Å². The molecule has 1 aromatic carbocycles. The lowest BCUT2D eigenvalue weighted by molar-refractivity contribution is 0.0520. The first kappa shape index (κ1) is 12.9. The molecule has 6 heteroatoms. The quantitative estimate of drug-likeness (QED) is 0.819. The van der Waals surface area contributed by atoms with E-state index in [4.69, 9.17) is 15.2 Å². The van der Waals surface area contributed by atoms with E-state index in [9.17, 15) is 4.79 Å². The van der Waals surface area contributed by atoms with Crippen LogP contribution in [0.3, 0.4) is 0 Å². The molecule has 0 atom stereocenters. The number of H-pyrrole nitrogens is 1. The highest BCUT2D eigenvalue weighted by Gasteiger charge is 2.18. The van der Waals surface area contributed by atoms with Crippen molar-refractivity contribution in [2.75, 3.05) is 19.5 Å². The van der Waals surface area contributed by atoms with Crippen molar-refractivity contribution in [1.29, 1.82) is 0 Å². The number of anilines is 1. The fourth-order valence-electron chi connectivity index (χ4n) is 1.70. The summed E-state index contributed by atoms with van der Waals surface area (Å²) in [5, 5.41) is 6.66. The highest BCUT2D eigenvalue weighted by Crippen LogP contribution is 2.28. The number of nitrogens with two attached hydrogens (primary N) is 1. The number of rotatable bonds is 4. The van der Waals surface area contributed by atoms with Gasteiger partial charge in [-0.1, -0.05) is 12.1 Å². The first-order valence-corrected chi connectivity index (χ1v) is 5.82. The molecule has 1 heterocycles. The molecule has 3 N–H and O–H groups in total. The molecular weight excluding hydrogens is 246 g/mol. The third-order valence-electron chi connectivity index (χ3n) is 2.63. The number of nitrogen functional groups attached to an aromatic ring is 1. The molecule has 6 nitrogen and oxygen atoms in total. The molecule has 0 saturated carbocycles. The number of nitrogens with one attached hydrogen (secondary N) is 1. The number of hydrogen-bond donors (Lipinski definition) is 2. The normalized spacial score (nSPS) is 10.2. The standard InChI is InChI=1S/C13H15N3O3/c1-3-19-13(17)12-10(14)11(15-16-12)8-5-4-6-9(7-8)18-2/h4-7H,3,14H2,1-2H3,(H,15,16). The van der Waals surface area contributed by atoms with Gasteiger partial charge in [-0.05, 0) is 19.1 Å². The van der Waals surface area contributed by atoms with E-state index < -0.39 is 5.97 Å². The average molecular weight is 261 g/mol. The van der Waals surface area contributed by atoms with E-state index in [0.717, 1.165) is 5.56 Å². The van der Waals surface area contributed by atoms with E-state index in [0.29, 0.717) is 11.4 Å². The summed E-state index contributed by atoms with van der Waals surface area (Å²) in [7, 11) is 1.58. The highest BCUT2D eigenvalue weighted by atomic mass is 16.5. The molecule has 19 heavy (non-hydrogen) atoms. The summed E-state index contributed by atoms with van der Waals surface area (Å²) in [5.41, 5.74) is 7.63. The first-order valence-electron chi connectivity index (χ1n) is 5.82. The lowest BCUT2D eigenvalue weighted by Gasteiger charge is -2.03. The fraction of sp³-hybridized carbons (Fsp3) is 0.231. The van der Waals surface area contributed by atoms with Crippen molar-refractivity contribution in [2.24, 2.45) is 0 Å². The van der Waals surface area contributed by atoms with Gasteiger partial charge in [0.05, 0.1) is 19.4 Å². The van der Waals surface area contributed by atoms with Gasteiger partial charge in [0.1, 0.15) is 11.4 Å². The van der Waals surface area contributed by atoms with E-state index in [1.54, 1.807) is 20.1 Å². The summed E-state index contributed by atoms with van der Waals surface area (Å²) in [6, 6.07) is 7.27. The molecule has 0 unspecified atom stereocenters. The van der Waals surface area contributed by atoms with Crippen molar-refractivity contribution in [3.05, 3.63) is 30.0 Å². The molecule has 0 spiro atoms. The number of esters is 1. The Kier molecular flexibility index (Phi) is 3.70. The molecule has 100 valence electrons. The Morgan fingerprint density at radius 2 is 2.26 bits per heavy atom. The zero-order valence-corrected chi connectivity index (χ0v) is 10.8. The lowest BCUT2D eigenvalue weighted by Crippen LogP contribution is -2.07. The third kappa shape index (κ3) is 2.52. The molecule has 0 bridgehead atoms. The number of carbonyl (C=O) groups excluding carboxylic acids is 1. The van der Waals surface area contributed by atoms with Crippen LogP contribution in [0.25, 0.3) is 11.3 Å². The van der Waals surface area contributed by atoms with Gasteiger partial charge in [-0.3, -0.25) is 5.10 Å². The molecule has 1 aromatic heterocycles. The van der Waals surface area contributed by atoms with Gasteiger partial charge in [0.25, 0.3) is 0 Å². The summed E-state index contributed by atoms with van der Waals surface area (Å²) >= 11 is 0. The van der Waals surface area contributed by atoms with Gasteiger partial charge in [0.15, 0.2) is 5.69 Å². The maximum atomic E-state index is 11.6. The van der Waals surface area contributed by atoms with E-state index >= 15 is 0 Å². The summed E-state index contributed by atoms with van der Waals surface area (Å²) in [5.74, 6) is 0.180. The molecule has 0 amide bonds. The number of methoxy groups -OCH3 is 1. The number of hydrogen-bond acceptors (Lipinski definition) is 5. The van der Waals surface area contributed by atoms with Gasteiger partial charge < -0.3 is 15.2 Å². The predicted octanol–water partition coefficient (Wildman–Crippen LogP) is 1.84. The second-order valence-electron chi connectivity index (χ2n) is 3.81. The van der Waals surface area contributed by atoms with E-state index in [2.05, 4.69) is 10.2 Å². The lowest BCUT2D eigenvalue weighted by atomic mass is 10.1. The van der Waals surface area contributed by atoms with Crippen molar-refractivity contribution in [1.82, 2.24) is 10.2 Å². The maximum absolute atomic E-state index is 11.6. The van der Waals surface area contributed by atoms with Crippen molar-refractivity contribution in [3.63, 3.8) is 0 Å². The highest BCUT2D eigenvalue weighted by molar-refractivity contribution is 5.96. The maximum Gasteiger partial charge on any atom is 0.358 e. The summed E-state index contributed by atoms with van der Waals surface area (Å²) in [6.07, 6.45) is 0. The number of aromatic amines is 1. The van der Waals surface area contributed by atoms with Gasteiger partial charge in [0, 0.05) is 5.56 Å². The molecular formula is C13H15N3O3. The number of nitrogens with zero attached hydrogens (tertiary/aromatic N) is 1. The summed E-state index contributed by atoms with van der Waals surface area (Å²) < 4.78 is 10.0. The molecule has 2 rings (SSSR count). The second-order valence-corrected chi connectivity index (χ2v) is 3.81. The van der Waals surface area contributed by atoms with Crippen LogP contribution in [0.4, 0.5) is 5.69 Å². The molecule has 0 aliphatic rings. The average Bonchev–Trinajstić information content (AvgIpc) is 2.81. The number of benzene rings is 1. The van der Waals surface area contributed by atoms with Gasteiger partial charge in [-0.25, -0.2) is 4.79 Å². The van der Waals surface area contributed by atoms with Crippen LogP contribution in [0.1, 0.15) is 17.4 Å². The first-order chi connectivity index (χ1) is 9.17. The van der Waals surface area contributed by atoms with Crippen LogP contribution in [0.2, 0.25) is 0 Å². The van der Waals surface area contributed by atoms with Gasteiger partial charge in [-0.15, -0.1) is 0 Å². The van der Waals surface area contributed by atoms with Crippen molar-refractivity contribution in [2.45, 2.75) is 6.92 Å². The molecule has 0 aliphatic heterocycles. The minimum Gasteiger partial charge on any atom is -0.497 e. The molecule has 0 saturated heterocycles. The molecule has 0 radical (unpaired) electrons. The number of aromatic nitrogens is 2. The Bertz CT molecular complexity index is 593. The monoisotopic (exact) mass is 261 g/mol. The van der Waals surface area contributed by atoms with Crippen LogP contribution in [0, 0.1) is 0 Å². The Labute approximate surface area is 110 Å². The van der Waals surface area contributed by atoms with E-state index in [1.165, 1.54) is 0 Å².